The maximum atomic E-state index is 13.0. The molecule has 3 rings (SSSR count). The molecule has 0 bridgehead atoms. The number of rotatable bonds is 7. The molecular formula is C24H28ClN3O3. The van der Waals surface area contributed by atoms with Gasteiger partial charge in [0, 0.05) is 36.9 Å². The predicted molar refractivity (Wildman–Crippen MR) is 124 cm³/mol. The summed E-state index contributed by atoms with van der Waals surface area (Å²) in [5.74, 6) is -1.44. The molecule has 6 nitrogen and oxygen atoms in total. The summed E-state index contributed by atoms with van der Waals surface area (Å²) in [6, 6.07) is 13.6. The summed E-state index contributed by atoms with van der Waals surface area (Å²) in [5.41, 5.74) is 2.34. The van der Waals surface area contributed by atoms with Crippen molar-refractivity contribution in [2.24, 2.45) is 0 Å². The Balaban J connectivity index is 2.08. The van der Waals surface area contributed by atoms with Crippen LogP contribution in [0, 0.1) is 0 Å². The molecule has 0 saturated carbocycles. The van der Waals surface area contributed by atoms with E-state index in [9.17, 15) is 14.7 Å². The van der Waals surface area contributed by atoms with Gasteiger partial charge in [0.25, 0.3) is 11.7 Å². The maximum absolute atomic E-state index is 13.0. The highest BCUT2D eigenvalue weighted by molar-refractivity contribution is 6.46. The number of aliphatic hydroxyl groups is 1. The molecule has 1 heterocycles. The highest BCUT2D eigenvalue weighted by Gasteiger charge is 2.45. The first-order valence-electron chi connectivity index (χ1n) is 10.2. The van der Waals surface area contributed by atoms with Crippen molar-refractivity contribution in [3.05, 3.63) is 70.3 Å². The van der Waals surface area contributed by atoms with Crippen LogP contribution in [0.3, 0.4) is 0 Å². The van der Waals surface area contributed by atoms with E-state index in [1.165, 1.54) is 0 Å². The average Bonchev–Trinajstić information content (AvgIpc) is 2.98. The zero-order chi connectivity index (χ0) is 22.7. The lowest BCUT2D eigenvalue weighted by Crippen LogP contribution is -2.32. The Morgan fingerprint density at radius 3 is 2.16 bits per heavy atom. The first kappa shape index (κ1) is 22.8. The van der Waals surface area contributed by atoms with E-state index in [1.807, 2.05) is 62.3 Å². The number of carbonyl (C=O) groups is 2. The lowest BCUT2D eigenvalue weighted by Gasteiger charge is -2.26. The highest BCUT2D eigenvalue weighted by Crippen LogP contribution is 2.40. The molecule has 164 valence electrons. The van der Waals surface area contributed by atoms with Gasteiger partial charge in [-0.15, -0.1) is 0 Å². The molecule has 1 N–H and O–H groups in total. The molecule has 7 heteroatoms. The summed E-state index contributed by atoms with van der Waals surface area (Å²) in [6.45, 7) is 1.20. The first-order chi connectivity index (χ1) is 14.7. The van der Waals surface area contributed by atoms with Crippen LogP contribution >= 0.6 is 11.6 Å². The molecule has 2 aromatic rings. The fraction of sp³-hybridized carbons (Fsp3) is 0.333. The quantitative estimate of drug-likeness (QED) is 0.402. The van der Waals surface area contributed by atoms with Gasteiger partial charge in [0.2, 0.25) is 0 Å². The third-order valence-electron chi connectivity index (χ3n) is 5.39. The molecule has 0 aliphatic carbocycles. The SMILES string of the molecule is CN(C)CCCN1C(=O)C(=O)/C(=C(\O)c2ccc(Cl)cc2)C1c1ccc(N(C)C)cc1. The summed E-state index contributed by atoms with van der Waals surface area (Å²) in [7, 11) is 7.82. The summed E-state index contributed by atoms with van der Waals surface area (Å²) in [6.07, 6.45) is 0.716. The molecule has 1 unspecified atom stereocenters. The molecule has 1 aliphatic heterocycles. The van der Waals surface area contributed by atoms with Gasteiger partial charge in [-0.2, -0.15) is 0 Å². The largest absolute Gasteiger partial charge is 0.507 e. The van der Waals surface area contributed by atoms with Crippen LogP contribution in [-0.4, -0.2) is 67.9 Å². The highest BCUT2D eigenvalue weighted by atomic mass is 35.5. The second kappa shape index (κ2) is 9.54. The molecule has 0 radical (unpaired) electrons. The fourth-order valence-corrected chi connectivity index (χ4v) is 3.86. The molecule has 0 spiro atoms. The van der Waals surface area contributed by atoms with Gasteiger partial charge < -0.3 is 19.8 Å². The van der Waals surface area contributed by atoms with Crippen molar-refractivity contribution < 1.29 is 14.7 Å². The van der Waals surface area contributed by atoms with E-state index in [4.69, 9.17) is 11.6 Å². The number of likely N-dealkylation sites (tertiary alicyclic amines) is 1. The Morgan fingerprint density at radius 2 is 1.61 bits per heavy atom. The number of hydrogen-bond donors (Lipinski definition) is 1. The van der Waals surface area contributed by atoms with Crippen LogP contribution in [-0.2, 0) is 9.59 Å². The number of aliphatic hydroxyl groups excluding tert-OH is 1. The van der Waals surface area contributed by atoms with Crippen molar-refractivity contribution in [3.8, 4) is 0 Å². The average molecular weight is 442 g/mol. The van der Waals surface area contributed by atoms with Crippen molar-refractivity contribution in [1.82, 2.24) is 9.80 Å². The van der Waals surface area contributed by atoms with E-state index in [-0.39, 0.29) is 11.3 Å². The van der Waals surface area contributed by atoms with E-state index in [0.29, 0.717) is 23.6 Å². The Hall–Kier alpha value is -2.83. The van der Waals surface area contributed by atoms with E-state index in [0.717, 1.165) is 17.8 Å². The standard InChI is InChI=1S/C24H28ClN3O3/c1-26(2)14-5-15-28-21(16-8-12-19(13-9-16)27(3)4)20(23(30)24(28)31)22(29)17-6-10-18(25)11-7-17/h6-13,21,29H,5,14-15H2,1-4H3/b22-20-. The van der Waals surface area contributed by atoms with E-state index >= 15 is 0 Å². The van der Waals surface area contributed by atoms with E-state index < -0.39 is 17.7 Å². The zero-order valence-corrected chi connectivity index (χ0v) is 19.1. The number of halogens is 1. The Bertz CT molecular complexity index is 982. The number of hydrogen-bond acceptors (Lipinski definition) is 5. The van der Waals surface area contributed by atoms with Crippen molar-refractivity contribution in [1.29, 1.82) is 0 Å². The third kappa shape index (κ3) is 4.92. The van der Waals surface area contributed by atoms with Crippen LogP contribution < -0.4 is 4.90 Å². The lowest BCUT2D eigenvalue weighted by atomic mass is 9.95. The van der Waals surface area contributed by atoms with E-state index in [2.05, 4.69) is 0 Å². The predicted octanol–water partition coefficient (Wildman–Crippen LogP) is 3.78. The van der Waals surface area contributed by atoms with Crippen molar-refractivity contribution in [3.63, 3.8) is 0 Å². The Kier molecular flexibility index (Phi) is 7.03. The number of amides is 1. The van der Waals surface area contributed by atoms with Crippen LogP contribution in [0.5, 0.6) is 0 Å². The van der Waals surface area contributed by atoms with Gasteiger partial charge in [-0.3, -0.25) is 9.59 Å². The van der Waals surface area contributed by atoms with Gasteiger partial charge in [0.1, 0.15) is 5.76 Å². The molecular weight excluding hydrogens is 414 g/mol. The van der Waals surface area contributed by atoms with Crippen molar-refractivity contribution in [2.75, 3.05) is 46.2 Å². The molecule has 1 aliphatic rings. The summed E-state index contributed by atoms with van der Waals surface area (Å²) < 4.78 is 0. The fourth-order valence-electron chi connectivity index (χ4n) is 3.73. The molecule has 1 amide bonds. The number of nitrogens with zero attached hydrogens (tertiary/aromatic N) is 3. The summed E-state index contributed by atoms with van der Waals surface area (Å²) in [5, 5.41) is 11.6. The van der Waals surface area contributed by atoms with Crippen LogP contribution in [0.2, 0.25) is 5.02 Å². The van der Waals surface area contributed by atoms with Crippen LogP contribution in [0.1, 0.15) is 23.6 Å². The van der Waals surface area contributed by atoms with Gasteiger partial charge in [0.15, 0.2) is 0 Å². The number of Topliss-reactive ketones (excluding diaryl/α,β-unsaturated/α-hetero) is 1. The Morgan fingerprint density at radius 1 is 1.00 bits per heavy atom. The molecule has 0 aromatic heterocycles. The summed E-state index contributed by atoms with van der Waals surface area (Å²) in [4.78, 5) is 31.5. The lowest BCUT2D eigenvalue weighted by molar-refractivity contribution is -0.139. The van der Waals surface area contributed by atoms with Crippen LogP contribution in [0.4, 0.5) is 5.69 Å². The van der Waals surface area contributed by atoms with E-state index in [1.54, 1.807) is 29.2 Å². The first-order valence-corrected chi connectivity index (χ1v) is 10.5. The minimum atomic E-state index is -0.668. The Labute approximate surface area is 188 Å². The number of anilines is 1. The van der Waals surface area contributed by atoms with Crippen molar-refractivity contribution >= 4 is 34.7 Å². The van der Waals surface area contributed by atoms with Gasteiger partial charge in [0.05, 0.1) is 11.6 Å². The van der Waals surface area contributed by atoms with Gasteiger partial charge >= 0.3 is 0 Å². The number of carbonyl (C=O) groups excluding carboxylic acids is 2. The third-order valence-corrected chi connectivity index (χ3v) is 5.64. The molecule has 2 aromatic carbocycles. The topological polar surface area (TPSA) is 64.1 Å². The second-order valence-electron chi connectivity index (χ2n) is 8.14. The van der Waals surface area contributed by atoms with Gasteiger partial charge in [-0.1, -0.05) is 23.7 Å². The van der Waals surface area contributed by atoms with Crippen LogP contribution in [0.15, 0.2) is 54.1 Å². The number of ketones is 1. The molecule has 1 fully saturated rings. The van der Waals surface area contributed by atoms with Gasteiger partial charge in [-0.25, -0.2) is 0 Å². The summed E-state index contributed by atoms with van der Waals surface area (Å²) >= 11 is 5.96. The molecule has 1 atom stereocenters. The minimum Gasteiger partial charge on any atom is -0.507 e. The smallest absolute Gasteiger partial charge is 0.295 e. The van der Waals surface area contributed by atoms with Crippen molar-refractivity contribution in [2.45, 2.75) is 12.5 Å². The number of benzene rings is 2. The normalized spacial score (nSPS) is 18.1. The minimum absolute atomic E-state index is 0.106. The molecule has 1 saturated heterocycles. The van der Waals surface area contributed by atoms with Crippen LogP contribution in [0.25, 0.3) is 5.76 Å². The molecule has 31 heavy (non-hydrogen) atoms. The van der Waals surface area contributed by atoms with Gasteiger partial charge in [-0.05, 0) is 69.0 Å². The maximum Gasteiger partial charge on any atom is 0.295 e. The monoisotopic (exact) mass is 441 g/mol. The zero-order valence-electron chi connectivity index (χ0n) is 18.3. The second-order valence-corrected chi connectivity index (χ2v) is 8.58.